The molecule has 1 unspecified atom stereocenters. The fourth-order valence-electron chi connectivity index (χ4n) is 2.19. The Morgan fingerprint density at radius 2 is 2.24 bits per heavy atom. The first-order valence-electron chi connectivity index (χ1n) is 6.37. The van der Waals surface area contributed by atoms with Crippen LogP contribution < -0.4 is 5.32 Å². The van der Waals surface area contributed by atoms with Crippen molar-refractivity contribution in [2.75, 3.05) is 6.54 Å². The summed E-state index contributed by atoms with van der Waals surface area (Å²) in [7, 11) is 0. The molecule has 0 spiro atoms. The van der Waals surface area contributed by atoms with E-state index in [0.717, 1.165) is 18.8 Å². The first-order chi connectivity index (χ1) is 7.94. The van der Waals surface area contributed by atoms with Gasteiger partial charge in [0.05, 0.1) is 12.1 Å². The third-order valence-corrected chi connectivity index (χ3v) is 2.78. The molecule has 1 atom stereocenters. The standard InChI is InChI=1S/C13H25N3O/c1-5-16-7-6-15-12(16)9-14-10-13(4,17)8-11(2)3/h6-7,11,14,17H,5,8-10H2,1-4H3. The molecule has 0 bridgehead atoms. The highest BCUT2D eigenvalue weighted by Gasteiger charge is 2.21. The summed E-state index contributed by atoms with van der Waals surface area (Å²) >= 11 is 0. The van der Waals surface area contributed by atoms with Gasteiger partial charge in [-0.05, 0) is 26.2 Å². The Balaban J connectivity index is 2.37. The summed E-state index contributed by atoms with van der Waals surface area (Å²) in [4.78, 5) is 4.29. The van der Waals surface area contributed by atoms with Gasteiger partial charge < -0.3 is 15.0 Å². The zero-order chi connectivity index (χ0) is 12.9. The molecule has 0 saturated heterocycles. The lowest BCUT2D eigenvalue weighted by Crippen LogP contribution is -2.39. The number of aliphatic hydroxyl groups is 1. The Morgan fingerprint density at radius 1 is 1.53 bits per heavy atom. The molecular formula is C13H25N3O. The van der Waals surface area contributed by atoms with Crippen molar-refractivity contribution >= 4 is 0 Å². The number of rotatable bonds is 7. The molecule has 1 heterocycles. The van der Waals surface area contributed by atoms with Crippen molar-refractivity contribution in [2.45, 2.75) is 52.8 Å². The molecule has 0 aliphatic carbocycles. The summed E-state index contributed by atoms with van der Waals surface area (Å²) in [5.74, 6) is 1.53. The van der Waals surface area contributed by atoms with Gasteiger partial charge >= 0.3 is 0 Å². The van der Waals surface area contributed by atoms with E-state index in [1.165, 1.54) is 0 Å². The highest BCUT2D eigenvalue weighted by molar-refractivity contribution is 4.92. The quantitative estimate of drug-likeness (QED) is 0.762. The van der Waals surface area contributed by atoms with Crippen LogP contribution >= 0.6 is 0 Å². The van der Waals surface area contributed by atoms with E-state index in [-0.39, 0.29) is 0 Å². The fraction of sp³-hybridized carbons (Fsp3) is 0.769. The van der Waals surface area contributed by atoms with Gasteiger partial charge in [-0.1, -0.05) is 13.8 Å². The molecule has 1 aromatic rings. The number of nitrogens with zero attached hydrogens (tertiary/aromatic N) is 2. The van der Waals surface area contributed by atoms with Gasteiger partial charge in [-0.15, -0.1) is 0 Å². The smallest absolute Gasteiger partial charge is 0.122 e. The van der Waals surface area contributed by atoms with Crippen LogP contribution in [0.25, 0.3) is 0 Å². The summed E-state index contributed by atoms with van der Waals surface area (Å²) in [6.07, 6.45) is 4.60. The SMILES string of the molecule is CCn1ccnc1CNCC(C)(O)CC(C)C. The third kappa shape index (κ3) is 4.88. The lowest BCUT2D eigenvalue weighted by atomic mass is 9.94. The van der Waals surface area contributed by atoms with Gasteiger partial charge in [0.15, 0.2) is 0 Å². The Kier molecular flexibility index (Phi) is 5.15. The van der Waals surface area contributed by atoms with Gasteiger partial charge in [0.25, 0.3) is 0 Å². The Labute approximate surface area is 104 Å². The Morgan fingerprint density at radius 3 is 2.82 bits per heavy atom. The van der Waals surface area contributed by atoms with Crippen molar-refractivity contribution in [1.82, 2.24) is 14.9 Å². The van der Waals surface area contributed by atoms with E-state index in [1.807, 2.05) is 19.3 Å². The van der Waals surface area contributed by atoms with Crippen molar-refractivity contribution in [3.63, 3.8) is 0 Å². The van der Waals surface area contributed by atoms with Crippen LogP contribution in [0.1, 0.15) is 39.9 Å². The van der Waals surface area contributed by atoms with Crippen LogP contribution in [0.4, 0.5) is 0 Å². The van der Waals surface area contributed by atoms with Gasteiger partial charge in [0, 0.05) is 25.5 Å². The molecule has 0 fully saturated rings. The summed E-state index contributed by atoms with van der Waals surface area (Å²) in [5, 5.41) is 13.4. The van der Waals surface area contributed by atoms with Crippen molar-refractivity contribution in [1.29, 1.82) is 0 Å². The molecule has 0 amide bonds. The minimum atomic E-state index is -0.641. The number of aromatic nitrogens is 2. The van der Waals surface area contributed by atoms with Crippen LogP contribution in [0.3, 0.4) is 0 Å². The highest BCUT2D eigenvalue weighted by atomic mass is 16.3. The van der Waals surface area contributed by atoms with Crippen LogP contribution in [-0.2, 0) is 13.1 Å². The minimum Gasteiger partial charge on any atom is -0.389 e. The largest absolute Gasteiger partial charge is 0.389 e. The van der Waals surface area contributed by atoms with Crippen LogP contribution in [0.2, 0.25) is 0 Å². The number of hydrogen-bond acceptors (Lipinski definition) is 3. The third-order valence-electron chi connectivity index (χ3n) is 2.78. The zero-order valence-electron chi connectivity index (χ0n) is 11.4. The highest BCUT2D eigenvalue weighted by Crippen LogP contribution is 2.15. The molecule has 0 aliphatic heterocycles. The molecular weight excluding hydrogens is 214 g/mol. The summed E-state index contributed by atoms with van der Waals surface area (Å²) in [5.41, 5.74) is -0.641. The summed E-state index contributed by atoms with van der Waals surface area (Å²) in [6.45, 7) is 10.5. The van der Waals surface area contributed by atoms with Crippen molar-refractivity contribution in [2.24, 2.45) is 5.92 Å². The zero-order valence-corrected chi connectivity index (χ0v) is 11.4. The maximum atomic E-state index is 10.2. The second-order valence-electron chi connectivity index (χ2n) is 5.33. The number of nitrogens with one attached hydrogen (secondary N) is 1. The lowest BCUT2D eigenvalue weighted by Gasteiger charge is -2.25. The monoisotopic (exact) mass is 239 g/mol. The molecule has 17 heavy (non-hydrogen) atoms. The molecule has 1 aromatic heterocycles. The number of hydrogen-bond donors (Lipinski definition) is 2. The van der Waals surface area contributed by atoms with E-state index in [1.54, 1.807) is 0 Å². The molecule has 1 rings (SSSR count). The maximum Gasteiger partial charge on any atom is 0.122 e. The Hall–Kier alpha value is -0.870. The molecule has 4 heteroatoms. The maximum absolute atomic E-state index is 10.2. The topological polar surface area (TPSA) is 50.1 Å². The van der Waals surface area contributed by atoms with Crippen LogP contribution in [-0.4, -0.2) is 26.8 Å². The lowest BCUT2D eigenvalue weighted by molar-refractivity contribution is 0.0381. The van der Waals surface area contributed by atoms with Crippen molar-refractivity contribution in [3.8, 4) is 0 Å². The van der Waals surface area contributed by atoms with E-state index in [2.05, 4.69) is 35.6 Å². The predicted molar refractivity (Wildman–Crippen MR) is 69.7 cm³/mol. The number of aryl methyl sites for hydroxylation is 1. The predicted octanol–water partition coefficient (Wildman–Crippen LogP) is 1.79. The van der Waals surface area contributed by atoms with Crippen LogP contribution in [0, 0.1) is 5.92 Å². The van der Waals surface area contributed by atoms with Gasteiger partial charge in [-0.3, -0.25) is 0 Å². The van der Waals surface area contributed by atoms with Gasteiger partial charge in [-0.2, -0.15) is 0 Å². The molecule has 0 radical (unpaired) electrons. The minimum absolute atomic E-state index is 0.504. The molecule has 2 N–H and O–H groups in total. The van der Waals surface area contributed by atoms with Crippen LogP contribution in [0.5, 0.6) is 0 Å². The first-order valence-corrected chi connectivity index (χ1v) is 6.37. The Bertz CT molecular complexity index is 331. The van der Waals surface area contributed by atoms with Crippen molar-refractivity contribution < 1.29 is 5.11 Å². The van der Waals surface area contributed by atoms with Crippen molar-refractivity contribution in [3.05, 3.63) is 18.2 Å². The molecule has 4 nitrogen and oxygen atoms in total. The normalized spacial score (nSPS) is 15.2. The van der Waals surface area contributed by atoms with Gasteiger partial charge in [0.2, 0.25) is 0 Å². The summed E-state index contributed by atoms with van der Waals surface area (Å²) < 4.78 is 2.10. The molecule has 0 aromatic carbocycles. The van der Waals surface area contributed by atoms with E-state index in [9.17, 15) is 5.11 Å². The average Bonchev–Trinajstić information content (AvgIpc) is 2.62. The molecule has 0 saturated carbocycles. The summed E-state index contributed by atoms with van der Waals surface area (Å²) in [6, 6.07) is 0. The fourth-order valence-corrected chi connectivity index (χ4v) is 2.19. The van der Waals surface area contributed by atoms with E-state index >= 15 is 0 Å². The van der Waals surface area contributed by atoms with Crippen LogP contribution in [0.15, 0.2) is 12.4 Å². The average molecular weight is 239 g/mol. The van der Waals surface area contributed by atoms with E-state index < -0.39 is 5.60 Å². The second-order valence-corrected chi connectivity index (χ2v) is 5.33. The molecule has 0 aliphatic rings. The number of imidazole rings is 1. The molecule has 98 valence electrons. The van der Waals surface area contributed by atoms with Gasteiger partial charge in [-0.25, -0.2) is 4.98 Å². The first kappa shape index (κ1) is 14.2. The van der Waals surface area contributed by atoms with E-state index in [0.29, 0.717) is 19.0 Å². The van der Waals surface area contributed by atoms with Gasteiger partial charge in [0.1, 0.15) is 5.82 Å². The second kappa shape index (κ2) is 6.17. The van der Waals surface area contributed by atoms with E-state index in [4.69, 9.17) is 0 Å².